The Hall–Kier alpha value is -4.05. The highest BCUT2D eigenvalue weighted by Gasteiger charge is 2.16. The van der Waals surface area contributed by atoms with Gasteiger partial charge in [-0.3, -0.25) is 14.0 Å². The first-order valence-electron chi connectivity index (χ1n) is 11.0. The van der Waals surface area contributed by atoms with Crippen molar-refractivity contribution in [2.24, 2.45) is 4.99 Å². The number of nitrogens with zero attached hydrogens (tertiary/aromatic N) is 5. The van der Waals surface area contributed by atoms with Crippen molar-refractivity contribution in [1.29, 1.82) is 5.26 Å². The Morgan fingerprint density at radius 3 is 2.52 bits per heavy atom. The van der Waals surface area contributed by atoms with E-state index in [2.05, 4.69) is 18.0 Å². The van der Waals surface area contributed by atoms with Gasteiger partial charge in [0.1, 0.15) is 17.4 Å². The van der Waals surface area contributed by atoms with E-state index in [9.17, 15) is 14.9 Å². The summed E-state index contributed by atoms with van der Waals surface area (Å²) < 4.78 is 3.23. The van der Waals surface area contributed by atoms with E-state index in [1.165, 1.54) is 10.5 Å². The fraction of sp³-hybridized carbons (Fsp3) is 0.269. The number of nitriles is 1. The van der Waals surface area contributed by atoms with Crippen LogP contribution in [0.4, 0.5) is 0 Å². The van der Waals surface area contributed by atoms with Crippen LogP contribution in [0.5, 0.6) is 0 Å². The van der Waals surface area contributed by atoms with Crippen LogP contribution in [-0.2, 0) is 6.54 Å². The van der Waals surface area contributed by atoms with Crippen molar-refractivity contribution in [3.63, 3.8) is 0 Å². The van der Waals surface area contributed by atoms with Crippen LogP contribution in [0.2, 0.25) is 0 Å². The summed E-state index contributed by atoms with van der Waals surface area (Å²) in [6.07, 6.45) is 3.34. The number of unbranched alkanes of at least 4 members (excludes halogenated alkanes) is 1. The lowest BCUT2D eigenvalue weighted by atomic mass is 10.1. The first-order valence-corrected chi connectivity index (χ1v) is 11.0. The Labute approximate surface area is 191 Å². The molecule has 4 aromatic rings. The minimum atomic E-state index is -0.434. The molecule has 0 saturated carbocycles. The van der Waals surface area contributed by atoms with Crippen LogP contribution in [0, 0.1) is 32.1 Å². The summed E-state index contributed by atoms with van der Waals surface area (Å²) in [7, 11) is 0. The molecule has 166 valence electrons. The molecule has 0 aliphatic heterocycles. The van der Waals surface area contributed by atoms with Gasteiger partial charge in [-0.15, -0.1) is 0 Å². The number of aromatic nitrogens is 3. The normalized spacial score (nSPS) is 11.8. The molecule has 1 amide bonds. The fourth-order valence-electron chi connectivity index (χ4n) is 4.08. The van der Waals surface area contributed by atoms with Crippen LogP contribution in [0.15, 0.2) is 52.4 Å². The molecule has 0 aliphatic rings. The predicted molar refractivity (Wildman–Crippen MR) is 127 cm³/mol. The van der Waals surface area contributed by atoms with Gasteiger partial charge in [-0.2, -0.15) is 10.3 Å². The highest BCUT2D eigenvalue weighted by atomic mass is 16.1. The van der Waals surface area contributed by atoms with Gasteiger partial charge in [-0.1, -0.05) is 36.6 Å². The number of carbonyl (C=O) groups excluding carboxylic acids is 1. The highest BCUT2D eigenvalue weighted by molar-refractivity contribution is 5.95. The zero-order valence-corrected chi connectivity index (χ0v) is 19.2. The van der Waals surface area contributed by atoms with Crippen molar-refractivity contribution in [3.8, 4) is 6.07 Å². The molecular formula is C26H25N5O2. The first-order chi connectivity index (χ1) is 15.8. The zero-order valence-electron chi connectivity index (χ0n) is 19.2. The van der Waals surface area contributed by atoms with Gasteiger partial charge in [0.2, 0.25) is 0 Å². The lowest BCUT2D eigenvalue weighted by Gasteiger charge is -2.14. The van der Waals surface area contributed by atoms with E-state index in [0.29, 0.717) is 28.8 Å². The van der Waals surface area contributed by atoms with E-state index in [0.717, 1.165) is 29.5 Å². The second-order valence-corrected chi connectivity index (χ2v) is 8.33. The number of pyridine rings is 2. The van der Waals surface area contributed by atoms with Crippen LogP contribution < -0.4 is 11.0 Å². The summed E-state index contributed by atoms with van der Waals surface area (Å²) >= 11 is 0. The van der Waals surface area contributed by atoms with Crippen LogP contribution in [0.3, 0.4) is 0 Å². The average molecular weight is 440 g/mol. The van der Waals surface area contributed by atoms with Crippen molar-refractivity contribution in [2.45, 2.75) is 47.1 Å². The van der Waals surface area contributed by atoms with Gasteiger partial charge in [-0.25, -0.2) is 4.98 Å². The molecule has 7 heteroatoms. The molecule has 7 nitrogen and oxygen atoms in total. The van der Waals surface area contributed by atoms with Gasteiger partial charge >= 0.3 is 0 Å². The van der Waals surface area contributed by atoms with Crippen molar-refractivity contribution in [2.75, 3.05) is 0 Å². The molecule has 33 heavy (non-hydrogen) atoms. The van der Waals surface area contributed by atoms with Gasteiger partial charge in [0, 0.05) is 18.3 Å². The molecule has 0 unspecified atom stereocenters. The van der Waals surface area contributed by atoms with Gasteiger partial charge < -0.3 is 4.57 Å². The van der Waals surface area contributed by atoms with Crippen LogP contribution in [0.25, 0.3) is 16.7 Å². The Morgan fingerprint density at radius 2 is 1.85 bits per heavy atom. The molecule has 3 aromatic heterocycles. The van der Waals surface area contributed by atoms with E-state index in [1.807, 2.05) is 32.9 Å². The molecular weight excluding hydrogens is 414 g/mol. The van der Waals surface area contributed by atoms with E-state index < -0.39 is 5.91 Å². The molecule has 0 N–H and O–H groups in total. The summed E-state index contributed by atoms with van der Waals surface area (Å²) in [5, 5.41) is 10.2. The molecule has 0 atom stereocenters. The standard InChI is InChI=1S/C26H25N5O2/c1-5-6-9-30-23(29-25(32)19-12-16(2)11-17(3)13-19)20(15-27)14-21-24(30)28-22-18(4)8-7-10-31(22)26(21)33/h7-8,10-14H,5-6,9H2,1-4H3. The zero-order chi connectivity index (χ0) is 23.7. The smallest absolute Gasteiger partial charge is 0.279 e. The number of carbonyl (C=O) groups is 1. The van der Waals surface area contributed by atoms with Gasteiger partial charge in [0.05, 0.1) is 10.9 Å². The summed E-state index contributed by atoms with van der Waals surface area (Å²) in [5.74, 6) is -0.434. The molecule has 0 fully saturated rings. The third-order valence-electron chi connectivity index (χ3n) is 5.64. The molecule has 4 rings (SSSR count). The summed E-state index contributed by atoms with van der Waals surface area (Å²) in [6, 6.07) is 12.9. The minimum absolute atomic E-state index is 0.169. The number of aryl methyl sites for hydroxylation is 4. The van der Waals surface area contributed by atoms with E-state index in [1.54, 1.807) is 29.0 Å². The third kappa shape index (κ3) is 4.08. The fourth-order valence-corrected chi connectivity index (χ4v) is 4.08. The van der Waals surface area contributed by atoms with Crippen LogP contribution in [0.1, 0.15) is 52.4 Å². The second-order valence-electron chi connectivity index (χ2n) is 8.33. The second kappa shape index (κ2) is 8.83. The average Bonchev–Trinajstić information content (AvgIpc) is 2.78. The summed E-state index contributed by atoms with van der Waals surface area (Å²) in [4.78, 5) is 35.5. The SMILES string of the molecule is CCCCn1c(=NC(=O)c2cc(C)cc(C)c2)c(C#N)cc2c(=O)n3cccc(C)c3nc21. The molecule has 3 heterocycles. The van der Waals surface area contributed by atoms with Crippen molar-refractivity contribution >= 4 is 22.6 Å². The Balaban J connectivity index is 2.10. The lowest BCUT2D eigenvalue weighted by Crippen LogP contribution is -2.29. The largest absolute Gasteiger partial charge is 0.309 e. The Bertz CT molecular complexity index is 1570. The van der Waals surface area contributed by atoms with Crippen LogP contribution in [-0.4, -0.2) is 19.9 Å². The summed E-state index contributed by atoms with van der Waals surface area (Å²) in [6.45, 7) is 8.27. The van der Waals surface area contributed by atoms with Crippen molar-refractivity contribution in [1.82, 2.24) is 14.0 Å². The highest BCUT2D eigenvalue weighted by Crippen LogP contribution is 2.14. The monoisotopic (exact) mass is 439 g/mol. The van der Waals surface area contributed by atoms with Crippen LogP contribution >= 0.6 is 0 Å². The topological polar surface area (TPSA) is 92.5 Å². The Kier molecular flexibility index (Phi) is 5.93. The van der Waals surface area contributed by atoms with Gasteiger partial charge in [0.15, 0.2) is 5.49 Å². The maximum Gasteiger partial charge on any atom is 0.279 e. The number of hydrogen-bond donors (Lipinski definition) is 0. The maximum atomic E-state index is 13.3. The first kappa shape index (κ1) is 22.2. The third-order valence-corrected chi connectivity index (χ3v) is 5.64. The lowest BCUT2D eigenvalue weighted by molar-refractivity contribution is 0.0997. The van der Waals surface area contributed by atoms with Gasteiger partial charge in [-0.05, 0) is 57.0 Å². The quantitative estimate of drug-likeness (QED) is 0.450. The number of fused-ring (bicyclic) bond motifs is 2. The van der Waals surface area contributed by atoms with Crippen molar-refractivity contribution in [3.05, 3.63) is 86.3 Å². The maximum absolute atomic E-state index is 13.3. The number of rotatable bonds is 4. The molecule has 0 saturated heterocycles. The summed E-state index contributed by atoms with van der Waals surface area (Å²) in [5.41, 5.74) is 4.34. The molecule has 0 aliphatic carbocycles. The molecule has 1 aromatic carbocycles. The van der Waals surface area contributed by atoms with Crippen molar-refractivity contribution < 1.29 is 4.79 Å². The van der Waals surface area contributed by atoms with Gasteiger partial charge in [0.25, 0.3) is 11.5 Å². The van der Waals surface area contributed by atoms with E-state index >= 15 is 0 Å². The number of amides is 1. The van der Waals surface area contributed by atoms with E-state index in [-0.39, 0.29) is 16.6 Å². The molecule has 0 radical (unpaired) electrons. The molecule has 0 spiro atoms. The Morgan fingerprint density at radius 1 is 1.12 bits per heavy atom. The minimum Gasteiger partial charge on any atom is -0.309 e. The predicted octanol–water partition coefficient (Wildman–Crippen LogP) is 3.99. The number of hydrogen-bond acceptors (Lipinski definition) is 4. The van der Waals surface area contributed by atoms with E-state index in [4.69, 9.17) is 4.98 Å². The number of benzene rings is 1. The molecule has 0 bridgehead atoms.